The van der Waals surface area contributed by atoms with Gasteiger partial charge in [0.1, 0.15) is 5.84 Å². The number of amidine groups is 1. The summed E-state index contributed by atoms with van der Waals surface area (Å²) < 4.78 is 40.3. The largest absolute Gasteiger partial charge is 0.416 e. The third-order valence-corrected chi connectivity index (χ3v) is 6.37. The van der Waals surface area contributed by atoms with Gasteiger partial charge in [-0.15, -0.1) is 10.2 Å². The molecule has 1 fully saturated rings. The Kier molecular flexibility index (Phi) is 5.23. The fourth-order valence-electron chi connectivity index (χ4n) is 4.48. The highest BCUT2D eigenvalue weighted by atomic mass is 19.4. The first-order chi connectivity index (χ1) is 15.4. The van der Waals surface area contributed by atoms with Gasteiger partial charge in [0.25, 0.3) is 0 Å². The molecule has 0 radical (unpaired) electrons. The molecule has 0 atom stereocenters. The van der Waals surface area contributed by atoms with Gasteiger partial charge in [0, 0.05) is 31.5 Å². The molecule has 0 unspecified atom stereocenters. The zero-order chi connectivity index (χ0) is 22.3. The average molecular weight is 439 g/mol. The third-order valence-electron chi connectivity index (χ3n) is 6.37. The van der Waals surface area contributed by atoms with Crippen LogP contribution in [0.3, 0.4) is 0 Å². The normalized spacial score (nSPS) is 17.2. The molecule has 1 aromatic heterocycles. The van der Waals surface area contributed by atoms with Crippen LogP contribution in [0.5, 0.6) is 0 Å². The van der Waals surface area contributed by atoms with Gasteiger partial charge >= 0.3 is 6.18 Å². The summed E-state index contributed by atoms with van der Waals surface area (Å²) in [6.07, 6.45) is -0.713. The Morgan fingerprint density at radius 3 is 2.22 bits per heavy atom. The van der Waals surface area contributed by atoms with Gasteiger partial charge in [-0.3, -0.25) is 0 Å². The van der Waals surface area contributed by atoms with E-state index in [2.05, 4.69) is 46.3 Å². The SMILES string of the molecule is Cc1ccc(C2CCN(C3=Nn4c(nnc4-c4ccc(C(F)(F)F)cc4)CC3)CC2)cc1. The van der Waals surface area contributed by atoms with Crippen LogP contribution in [-0.4, -0.2) is 38.7 Å². The number of alkyl halides is 3. The second kappa shape index (κ2) is 8.07. The maximum Gasteiger partial charge on any atom is 0.416 e. The number of rotatable bonds is 2. The van der Waals surface area contributed by atoms with E-state index in [0.29, 0.717) is 23.7 Å². The van der Waals surface area contributed by atoms with Gasteiger partial charge in [-0.05, 0) is 43.4 Å². The first-order valence-electron chi connectivity index (χ1n) is 10.9. The van der Waals surface area contributed by atoms with Crippen LogP contribution < -0.4 is 0 Å². The molecular weight excluding hydrogens is 415 g/mol. The summed E-state index contributed by atoms with van der Waals surface area (Å²) in [5.41, 5.74) is 2.56. The fraction of sp³-hybridized carbons (Fsp3) is 0.375. The molecule has 5 nitrogen and oxygen atoms in total. The number of likely N-dealkylation sites (tertiary alicyclic amines) is 1. The Morgan fingerprint density at radius 2 is 1.56 bits per heavy atom. The summed E-state index contributed by atoms with van der Waals surface area (Å²) in [7, 11) is 0. The number of hydrogen-bond acceptors (Lipinski definition) is 4. The van der Waals surface area contributed by atoms with E-state index in [9.17, 15) is 13.2 Å². The van der Waals surface area contributed by atoms with E-state index in [0.717, 1.165) is 56.1 Å². The minimum atomic E-state index is -4.36. The predicted molar refractivity (Wildman–Crippen MR) is 116 cm³/mol. The van der Waals surface area contributed by atoms with Crippen molar-refractivity contribution in [3.63, 3.8) is 0 Å². The van der Waals surface area contributed by atoms with Gasteiger partial charge in [0.05, 0.1) is 5.56 Å². The van der Waals surface area contributed by atoms with Crippen molar-refractivity contribution in [2.24, 2.45) is 5.10 Å². The van der Waals surface area contributed by atoms with Crippen molar-refractivity contribution >= 4 is 5.84 Å². The van der Waals surface area contributed by atoms with Crippen LogP contribution in [0.25, 0.3) is 11.4 Å². The second-order valence-corrected chi connectivity index (χ2v) is 8.51. The van der Waals surface area contributed by atoms with Gasteiger partial charge in [-0.1, -0.05) is 42.0 Å². The lowest BCUT2D eigenvalue weighted by molar-refractivity contribution is -0.137. The Hall–Kier alpha value is -3.16. The number of hydrogen-bond donors (Lipinski definition) is 0. The van der Waals surface area contributed by atoms with E-state index in [1.807, 2.05) is 0 Å². The molecule has 8 heteroatoms. The van der Waals surface area contributed by atoms with E-state index in [1.165, 1.54) is 23.3 Å². The highest BCUT2D eigenvalue weighted by molar-refractivity contribution is 5.83. The number of piperidine rings is 1. The van der Waals surface area contributed by atoms with E-state index >= 15 is 0 Å². The van der Waals surface area contributed by atoms with Crippen LogP contribution in [0, 0.1) is 6.92 Å². The Balaban J connectivity index is 1.33. The van der Waals surface area contributed by atoms with Crippen molar-refractivity contribution < 1.29 is 13.2 Å². The molecular formula is C24H24F3N5. The summed E-state index contributed by atoms with van der Waals surface area (Å²) in [6.45, 7) is 3.97. The van der Waals surface area contributed by atoms with Crippen molar-refractivity contribution in [3.05, 3.63) is 71.0 Å². The highest BCUT2D eigenvalue weighted by Gasteiger charge is 2.31. The lowest BCUT2D eigenvalue weighted by Crippen LogP contribution is -2.39. The number of fused-ring (bicyclic) bond motifs is 1. The van der Waals surface area contributed by atoms with Crippen LogP contribution >= 0.6 is 0 Å². The molecule has 0 saturated carbocycles. The van der Waals surface area contributed by atoms with Crippen molar-refractivity contribution in [3.8, 4) is 11.4 Å². The Morgan fingerprint density at radius 1 is 0.875 bits per heavy atom. The lowest BCUT2D eigenvalue weighted by atomic mass is 9.89. The van der Waals surface area contributed by atoms with Crippen LogP contribution in [0.1, 0.15) is 47.7 Å². The number of benzene rings is 2. The molecule has 2 aromatic carbocycles. The maximum absolute atomic E-state index is 12.9. The average Bonchev–Trinajstić information content (AvgIpc) is 3.22. The number of halogens is 3. The molecule has 0 spiro atoms. The van der Waals surface area contributed by atoms with E-state index in [-0.39, 0.29) is 0 Å². The molecule has 0 aliphatic carbocycles. The molecule has 0 bridgehead atoms. The van der Waals surface area contributed by atoms with E-state index in [1.54, 1.807) is 4.68 Å². The third kappa shape index (κ3) is 4.01. The van der Waals surface area contributed by atoms with Crippen LogP contribution in [0.2, 0.25) is 0 Å². The quantitative estimate of drug-likeness (QED) is 0.547. The van der Waals surface area contributed by atoms with Gasteiger partial charge < -0.3 is 4.90 Å². The summed E-state index contributed by atoms with van der Waals surface area (Å²) in [4.78, 5) is 2.32. The molecule has 3 aromatic rings. The summed E-state index contributed by atoms with van der Waals surface area (Å²) >= 11 is 0. The highest BCUT2D eigenvalue weighted by Crippen LogP contribution is 2.32. The van der Waals surface area contributed by atoms with E-state index in [4.69, 9.17) is 5.10 Å². The molecule has 0 N–H and O–H groups in total. The molecule has 3 heterocycles. The van der Waals surface area contributed by atoms with Gasteiger partial charge in [0.2, 0.25) is 0 Å². The van der Waals surface area contributed by atoms with Crippen molar-refractivity contribution in [2.45, 2.75) is 44.7 Å². The van der Waals surface area contributed by atoms with Gasteiger partial charge in [0.15, 0.2) is 11.6 Å². The number of aryl methyl sites for hydroxylation is 2. The molecule has 1 saturated heterocycles. The molecule has 5 rings (SSSR count). The zero-order valence-electron chi connectivity index (χ0n) is 17.8. The van der Waals surface area contributed by atoms with Crippen molar-refractivity contribution in [1.29, 1.82) is 0 Å². The summed E-state index contributed by atoms with van der Waals surface area (Å²) in [5, 5.41) is 13.2. The lowest BCUT2D eigenvalue weighted by Gasteiger charge is -2.35. The van der Waals surface area contributed by atoms with Crippen LogP contribution in [0.4, 0.5) is 13.2 Å². The summed E-state index contributed by atoms with van der Waals surface area (Å²) in [6, 6.07) is 13.8. The van der Waals surface area contributed by atoms with Gasteiger partial charge in [-0.2, -0.15) is 22.9 Å². The van der Waals surface area contributed by atoms with Crippen LogP contribution in [0.15, 0.2) is 53.6 Å². The Labute approximate surface area is 184 Å². The molecule has 0 amide bonds. The minimum Gasteiger partial charge on any atom is -0.359 e. The number of nitrogens with zero attached hydrogens (tertiary/aromatic N) is 5. The van der Waals surface area contributed by atoms with Crippen LogP contribution in [-0.2, 0) is 12.6 Å². The second-order valence-electron chi connectivity index (χ2n) is 8.51. The maximum atomic E-state index is 12.9. The monoisotopic (exact) mass is 439 g/mol. The fourth-order valence-corrected chi connectivity index (χ4v) is 4.48. The smallest absolute Gasteiger partial charge is 0.359 e. The number of aromatic nitrogens is 3. The molecule has 166 valence electrons. The minimum absolute atomic E-state index is 0.473. The zero-order valence-corrected chi connectivity index (χ0v) is 17.8. The molecule has 2 aliphatic rings. The summed E-state index contributed by atoms with van der Waals surface area (Å²) in [5.74, 6) is 2.76. The standard InChI is InChI=1S/C24H24F3N5/c1-16-2-4-17(5-3-16)18-12-14-31(15-13-18)22-11-10-21-28-29-23(32(21)30-22)19-6-8-20(9-7-19)24(25,26)27/h2-9,18H,10-15H2,1H3. The first-order valence-corrected chi connectivity index (χ1v) is 10.9. The topological polar surface area (TPSA) is 46.3 Å². The van der Waals surface area contributed by atoms with E-state index < -0.39 is 11.7 Å². The van der Waals surface area contributed by atoms with Gasteiger partial charge in [-0.25, -0.2) is 0 Å². The van der Waals surface area contributed by atoms with Crippen molar-refractivity contribution in [2.75, 3.05) is 13.1 Å². The van der Waals surface area contributed by atoms with Crippen molar-refractivity contribution in [1.82, 2.24) is 19.8 Å². The molecule has 2 aliphatic heterocycles. The first kappa shape index (κ1) is 20.7. The predicted octanol–water partition coefficient (Wildman–Crippen LogP) is 5.26. The molecule has 32 heavy (non-hydrogen) atoms. The Bertz CT molecular complexity index is 1120.